The van der Waals surface area contributed by atoms with Gasteiger partial charge in [-0.3, -0.25) is 0 Å². The number of aryl methyl sites for hydroxylation is 2. The highest BCUT2D eigenvalue weighted by molar-refractivity contribution is 5.45. The third kappa shape index (κ3) is 7.73. The zero-order valence-corrected chi connectivity index (χ0v) is 17.0. The zero-order valence-electron chi connectivity index (χ0n) is 17.0. The van der Waals surface area contributed by atoms with E-state index in [9.17, 15) is 5.11 Å². The standard InChI is InChI=1S/C23H40O/c1-17(2)11-7-9-13-20-15-21(14-10-8-12-18(3)4)23(24)22(16-20)19(5)6/h15-19,24H,7-14H2,1-6H3. The van der Waals surface area contributed by atoms with Crippen molar-refractivity contribution in [2.75, 3.05) is 0 Å². The number of phenols is 1. The lowest BCUT2D eigenvalue weighted by molar-refractivity contribution is 0.454. The lowest BCUT2D eigenvalue weighted by Gasteiger charge is -2.16. The van der Waals surface area contributed by atoms with Gasteiger partial charge in [0.05, 0.1) is 0 Å². The normalized spacial score (nSPS) is 11.9. The summed E-state index contributed by atoms with van der Waals surface area (Å²) in [5, 5.41) is 10.6. The minimum atomic E-state index is 0.384. The fourth-order valence-corrected chi connectivity index (χ4v) is 3.31. The molecule has 1 rings (SSSR count). The van der Waals surface area contributed by atoms with Gasteiger partial charge in [0, 0.05) is 0 Å². The van der Waals surface area contributed by atoms with E-state index in [0.717, 1.165) is 30.2 Å². The largest absolute Gasteiger partial charge is 0.507 e. The van der Waals surface area contributed by atoms with Crippen LogP contribution >= 0.6 is 0 Å². The number of rotatable bonds is 11. The first kappa shape index (κ1) is 21.1. The molecular formula is C23H40O. The van der Waals surface area contributed by atoms with Crippen molar-refractivity contribution in [2.24, 2.45) is 11.8 Å². The zero-order chi connectivity index (χ0) is 18.1. The minimum absolute atomic E-state index is 0.384. The molecule has 1 heteroatoms. The van der Waals surface area contributed by atoms with E-state index in [-0.39, 0.29) is 0 Å². The predicted molar refractivity (Wildman–Crippen MR) is 107 cm³/mol. The Balaban J connectivity index is 2.73. The molecule has 0 radical (unpaired) electrons. The summed E-state index contributed by atoms with van der Waals surface area (Å²) >= 11 is 0. The molecule has 1 nitrogen and oxygen atoms in total. The van der Waals surface area contributed by atoms with Crippen LogP contribution in [0.3, 0.4) is 0 Å². The molecule has 1 N–H and O–H groups in total. The Morgan fingerprint density at radius 1 is 0.750 bits per heavy atom. The van der Waals surface area contributed by atoms with Crippen LogP contribution in [-0.2, 0) is 12.8 Å². The number of hydrogen-bond acceptors (Lipinski definition) is 1. The Morgan fingerprint density at radius 2 is 1.29 bits per heavy atom. The van der Waals surface area contributed by atoms with E-state index in [1.54, 1.807) is 0 Å². The van der Waals surface area contributed by atoms with E-state index in [4.69, 9.17) is 0 Å². The van der Waals surface area contributed by atoms with E-state index in [1.165, 1.54) is 49.7 Å². The van der Waals surface area contributed by atoms with Crippen LogP contribution in [0.1, 0.15) is 103 Å². The van der Waals surface area contributed by atoms with Gasteiger partial charge >= 0.3 is 0 Å². The van der Waals surface area contributed by atoms with Crippen molar-refractivity contribution in [3.05, 3.63) is 28.8 Å². The van der Waals surface area contributed by atoms with E-state index in [0.29, 0.717) is 11.7 Å². The van der Waals surface area contributed by atoms with Crippen LogP contribution in [-0.4, -0.2) is 5.11 Å². The second kappa shape index (κ2) is 10.8. The van der Waals surface area contributed by atoms with Crippen molar-refractivity contribution in [3.63, 3.8) is 0 Å². The summed E-state index contributed by atoms with van der Waals surface area (Å²) in [6, 6.07) is 4.51. The summed E-state index contributed by atoms with van der Waals surface area (Å²) in [6.45, 7) is 13.5. The Kier molecular flexibility index (Phi) is 9.48. The van der Waals surface area contributed by atoms with Gasteiger partial charge in [-0.05, 0) is 60.1 Å². The van der Waals surface area contributed by atoms with Gasteiger partial charge in [0.25, 0.3) is 0 Å². The quantitative estimate of drug-likeness (QED) is 0.423. The molecule has 138 valence electrons. The molecule has 0 aliphatic heterocycles. The van der Waals surface area contributed by atoms with E-state index < -0.39 is 0 Å². The van der Waals surface area contributed by atoms with Crippen LogP contribution in [0.2, 0.25) is 0 Å². The highest BCUT2D eigenvalue weighted by atomic mass is 16.3. The second-order valence-electron chi connectivity index (χ2n) is 8.63. The van der Waals surface area contributed by atoms with Crippen LogP contribution in [0.15, 0.2) is 12.1 Å². The third-order valence-electron chi connectivity index (χ3n) is 4.87. The van der Waals surface area contributed by atoms with E-state index in [2.05, 4.69) is 53.7 Å². The van der Waals surface area contributed by atoms with Gasteiger partial charge < -0.3 is 5.11 Å². The number of aromatic hydroxyl groups is 1. The average molecular weight is 333 g/mol. The molecule has 0 aliphatic rings. The molecule has 0 heterocycles. The molecule has 0 bridgehead atoms. The molecular weight excluding hydrogens is 292 g/mol. The average Bonchev–Trinajstić information content (AvgIpc) is 2.49. The second-order valence-corrected chi connectivity index (χ2v) is 8.63. The Bertz CT molecular complexity index is 471. The van der Waals surface area contributed by atoms with Crippen molar-refractivity contribution < 1.29 is 5.11 Å². The van der Waals surface area contributed by atoms with Crippen molar-refractivity contribution in [2.45, 2.75) is 98.8 Å². The fraction of sp³-hybridized carbons (Fsp3) is 0.739. The van der Waals surface area contributed by atoms with Gasteiger partial charge in [0.2, 0.25) is 0 Å². The summed E-state index contributed by atoms with van der Waals surface area (Å²) in [5.41, 5.74) is 3.72. The smallest absolute Gasteiger partial charge is 0.122 e. The van der Waals surface area contributed by atoms with Gasteiger partial charge in [0.1, 0.15) is 5.75 Å². The van der Waals surface area contributed by atoms with Crippen LogP contribution in [0.4, 0.5) is 0 Å². The summed E-state index contributed by atoms with van der Waals surface area (Å²) < 4.78 is 0. The summed E-state index contributed by atoms with van der Waals surface area (Å²) in [7, 11) is 0. The van der Waals surface area contributed by atoms with E-state index in [1.807, 2.05) is 0 Å². The molecule has 1 aromatic carbocycles. The van der Waals surface area contributed by atoms with Crippen molar-refractivity contribution in [1.29, 1.82) is 0 Å². The monoisotopic (exact) mass is 332 g/mol. The Labute approximate surface area is 150 Å². The summed E-state index contributed by atoms with van der Waals surface area (Å²) in [6.07, 6.45) is 9.76. The lowest BCUT2D eigenvalue weighted by atomic mass is 9.91. The highest BCUT2D eigenvalue weighted by Crippen LogP contribution is 2.32. The lowest BCUT2D eigenvalue weighted by Crippen LogP contribution is -1.99. The molecule has 1 aromatic rings. The maximum absolute atomic E-state index is 10.6. The first-order valence-electron chi connectivity index (χ1n) is 10.2. The molecule has 24 heavy (non-hydrogen) atoms. The van der Waals surface area contributed by atoms with Gasteiger partial charge in [-0.15, -0.1) is 0 Å². The van der Waals surface area contributed by atoms with Crippen LogP contribution in [0.25, 0.3) is 0 Å². The maximum Gasteiger partial charge on any atom is 0.122 e. The van der Waals surface area contributed by atoms with Gasteiger partial charge in [0.15, 0.2) is 0 Å². The molecule has 0 saturated carbocycles. The molecule has 0 aliphatic carbocycles. The minimum Gasteiger partial charge on any atom is -0.507 e. The number of unbranched alkanes of at least 4 members (excludes halogenated alkanes) is 2. The van der Waals surface area contributed by atoms with Crippen molar-refractivity contribution in [1.82, 2.24) is 0 Å². The van der Waals surface area contributed by atoms with E-state index >= 15 is 0 Å². The SMILES string of the molecule is CC(C)CCCCc1cc(CCCCC(C)C)c(O)c(C(C)C)c1. The highest BCUT2D eigenvalue weighted by Gasteiger charge is 2.13. The molecule has 0 saturated heterocycles. The molecule has 0 amide bonds. The topological polar surface area (TPSA) is 20.2 Å². The molecule has 0 fully saturated rings. The first-order chi connectivity index (χ1) is 11.3. The summed E-state index contributed by atoms with van der Waals surface area (Å²) in [5.74, 6) is 2.51. The third-order valence-corrected chi connectivity index (χ3v) is 4.87. The van der Waals surface area contributed by atoms with Gasteiger partial charge in [-0.2, -0.15) is 0 Å². The first-order valence-corrected chi connectivity index (χ1v) is 10.2. The number of hydrogen-bond donors (Lipinski definition) is 1. The summed E-state index contributed by atoms with van der Waals surface area (Å²) in [4.78, 5) is 0. The van der Waals surface area contributed by atoms with Crippen LogP contribution in [0.5, 0.6) is 5.75 Å². The fourth-order valence-electron chi connectivity index (χ4n) is 3.31. The van der Waals surface area contributed by atoms with Crippen LogP contribution in [0, 0.1) is 11.8 Å². The molecule has 0 spiro atoms. The van der Waals surface area contributed by atoms with Gasteiger partial charge in [-0.25, -0.2) is 0 Å². The van der Waals surface area contributed by atoms with Crippen molar-refractivity contribution in [3.8, 4) is 5.75 Å². The number of benzene rings is 1. The van der Waals surface area contributed by atoms with Crippen LogP contribution < -0.4 is 0 Å². The Morgan fingerprint density at radius 3 is 1.79 bits per heavy atom. The molecule has 0 unspecified atom stereocenters. The molecule has 0 atom stereocenters. The molecule has 0 aromatic heterocycles. The van der Waals surface area contributed by atoms with Gasteiger partial charge in [-0.1, -0.05) is 79.4 Å². The van der Waals surface area contributed by atoms with Crippen molar-refractivity contribution >= 4 is 0 Å². The maximum atomic E-state index is 10.6. The Hall–Kier alpha value is -0.980. The number of phenolic OH excluding ortho intramolecular Hbond substituents is 1. The predicted octanol–water partition coefficient (Wildman–Crippen LogP) is 7.25.